The maximum absolute atomic E-state index is 13.2. The Balaban J connectivity index is 1.57. The zero-order valence-corrected chi connectivity index (χ0v) is 17.8. The van der Waals surface area contributed by atoms with Crippen LogP contribution in [-0.4, -0.2) is 52.8 Å². The van der Waals surface area contributed by atoms with Crippen molar-refractivity contribution in [2.45, 2.75) is 13.3 Å². The standard InChI is InChI=1S/C26H27N3O2/c1-2-28-15-16-29(25(30)22-8-4-3-5-9-22)19-24(26(28)31)18-20-7-6-10-23(17-20)21-11-13-27-14-12-21/h3-14,17,24H,2,15-16,18-19H2,1H3/t24-/m1/s1. The van der Waals surface area contributed by atoms with Crippen molar-refractivity contribution in [3.8, 4) is 11.1 Å². The van der Waals surface area contributed by atoms with Gasteiger partial charge in [0.15, 0.2) is 0 Å². The molecular formula is C26H27N3O2. The van der Waals surface area contributed by atoms with Gasteiger partial charge in [-0.3, -0.25) is 14.6 Å². The van der Waals surface area contributed by atoms with Crippen LogP contribution in [0.2, 0.25) is 0 Å². The van der Waals surface area contributed by atoms with Crippen molar-refractivity contribution in [1.29, 1.82) is 0 Å². The summed E-state index contributed by atoms with van der Waals surface area (Å²) in [5, 5.41) is 0. The van der Waals surface area contributed by atoms with Crippen molar-refractivity contribution >= 4 is 11.8 Å². The molecule has 2 amide bonds. The van der Waals surface area contributed by atoms with E-state index in [1.165, 1.54) is 0 Å². The second-order valence-corrected chi connectivity index (χ2v) is 7.87. The van der Waals surface area contributed by atoms with E-state index >= 15 is 0 Å². The molecule has 1 fully saturated rings. The fourth-order valence-corrected chi connectivity index (χ4v) is 4.17. The lowest BCUT2D eigenvalue weighted by atomic mass is 9.95. The maximum atomic E-state index is 13.2. The number of benzene rings is 2. The molecule has 1 aliphatic heterocycles. The van der Waals surface area contributed by atoms with E-state index in [0.717, 1.165) is 16.7 Å². The Hall–Kier alpha value is -3.47. The highest BCUT2D eigenvalue weighted by Crippen LogP contribution is 2.23. The molecule has 0 saturated carbocycles. The van der Waals surface area contributed by atoms with Gasteiger partial charge in [0, 0.05) is 44.1 Å². The van der Waals surface area contributed by atoms with Gasteiger partial charge in [-0.1, -0.05) is 42.5 Å². The molecule has 2 aromatic carbocycles. The summed E-state index contributed by atoms with van der Waals surface area (Å²) in [7, 11) is 0. The Morgan fingerprint density at radius 3 is 2.48 bits per heavy atom. The molecule has 158 valence electrons. The van der Waals surface area contributed by atoms with E-state index in [1.807, 2.05) is 65.3 Å². The van der Waals surface area contributed by atoms with Gasteiger partial charge in [-0.15, -0.1) is 0 Å². The van der Waals surface area contributed by atoms with Crippen molar-refractivity contribution in [3.63, 3.8) is 0 Å². The van der Waals surface area contributed by atoms with E-state index in [1.54, 1.807) is 12.4 Å². The van der Waals surface area contributed by atoms with E-state index in [4.69, 9.17) is 0 Å². The zero-order valence-electron chi connectivity index (χ0n) is 17.8. The topological polar surface area (TPSA) is 53.5 Å². The minimum absolute atomic E-state index is 0.0121. The van der Waals surface area contributed by atoms with Gasteiger partial charge in [-0.25, -0.2) is 0 Å². The number of likely N-dealkylation sites (N-methyl/N-ethyl adjacent to an activating group) is 1. The first kappa shape index (κ1) is 20.8. The summed E-state index contributed by atoms with van der Waals surface area (Å²) in [5.41, 5.74) is 3.96. The molecule has 5 nitrogen and oxygen atoms in total. The van der Waals surface area contributed by atoms with Gasteiger partial charge in [-0.2, -0.15) is 0 Å². The van der Waals surface area contributed by atoms with Gasteiger partial charge < -0.3 is 9.80 Å². The van der Waals surface area contributed by atoms with Gasteiger partial charge in [-0.05, 0) is 54.3 Å². The largest absolute Gasteiger partial charge is 0.341 e. The van der Waals surface area contributed by atoms with E-state index in [0.29, 0.717) is 38.2 Å². The number of amides is 2. The van der Waals surface area contributed by atoms with E-state index in [-0.39, 0.29) is 17.7 Å². The lowest BCUT2D eigenvalue weighted by Gasteiger charge is -2.24. The summed E-state index contributed by atoms with van der Waals surface area (Å²) in [6.45, 7) is 4.21. The molecule has 1 saturated heterocycles. The van der Waals surface area contributed by atoms with Crippen LogP contribution in [0.4, 0.5) is 0 Å². The number of hydrogen-bond donors (Lipinski definition) is 0. The van der Waals surface area contributed by atoms with Crippen LogP contribution in [0, 0.1) is 5.92 Å². The van der Waals surface area contributed by atoms with Crippen molar-refractivity contribution in [2.75, 3.05) is 26.2 Å². The molecule has 0 aliphatic carbocycles. The third-order valence-electron chi connectivity index (χ3n) is 5.85. The molecule has 0 spiro atoms. The highest BCUT2D eigenvalue weighted by atomic mass is 16.2. The monoisotopic (exact) mass is 413 g/mol. The second-order valence-electron chi connectivity index (χ2n) is 7.87. The number of carbonyl (C=O) groups excluding carboxylic acids is 2. The van der Waals surface area contributed by atoms with Crippen LogP contribution in [0.3, 0.4) is 0 Å². The maximum Gasteiger partial charge on any atom is 0.253 e. The van der Waals surface area contributed by atoms with Crippen LogP contribution in [0.1, 0.15) is 22.8 Å². The number of carbonyl (C=O) groups is 2. The minimum Gasteiger partial charge on any atom is -0.341 e. The second kappa shape index (κ2) is 9.56. The Bertz CT molecular complexity index is 1040. The predicted octanol–water partition coefficient (Wildman–Crippen LogP) is 3.91. The number of aromatic nitrogens is 1. The summed E-state index contributed by atoms with van der Waals surface area (Å²) in [4.78, 5) is 34.1. The van der Waals surface area contributed by atoms with Gasteiger partial charge in [0.05, 0.1) is 5.92 Å². The Kier molecular flexibility index (Phi) is 6.41. The molecule has 0 unspecified atom stereocenters. The minimum atomic E-state index is -0.261. The third-order valence-corrected chi connectivity index (χ3v) is 5.85. The van der Waals surface area contributed by atoms with Crippen molar-refractivity contribution in [1.82, 2.24) is 14.8 Å². The van der Waals surface area contributed by atoms with Crippen LogP contribution >= 0.6 is 0 Å². The molecular weight excluding hydrogens is 386 g/mol. The van der Waals surface area contributed by atoms with Gasteiger partial charge >= 0.3 is 0 Å². The summed E-state index contributed by atoms with van der Waals surface area (Å²) < 4.78 is 0. The highest BCUT2D eigenvalue weighted by molar-refractivity contribution is 5.94. The molecule has 1 aliphatic rings. The van der Waals surface area contributed by atoms with Gasteiger partial charge in [0.25, 0.3) is 5.91 Å². The summed E-state index contributed by atoms with van der Waals surface area (Å²) in [5.74, 6) is -0.148. The number of pyridine rings is 1. The van der Waals surface area contributed by atoms with Crippen molar-refractivity contribution in [2.24, 2.45) is 5.92 Å². The Labute approximate surface area is 183 Å². The predicted molar refractivity (Wildman–Crippen MR) is 121 cm³/mol. The molecule has 4 rings (SSSR count). The van der Waals surface area contributed by atoms with Gasteiger partial charge in [0.2, 0.25) is 5.91 Å². The molecule has 1 atom stereocenters. The van der Waals surface area contributed by atoms with Crippen LogP contribution in [0.15, 0.2) is 79.1 Å². The van der Waals surface area contributed by atoms with Crippen LogP contribution < -0.4 is 0 Å². The normalized spacial score (nSPS) is 16.8. The number of rotatable bonds is 5. The highest BCUT2D eigenvalue weighted by Gasteiger charge is 2.32. The lowest BCUT2D eigenvalue weighted by molar-refractivity contribution is -0.134. The summed E-state index contributed by atoms with van der Waals surface area (Å²) in [6.07, 6.45) is 4.17. The van der Waals surface area contributed by atoms with Crippen LogP contribution in [0.5, 0.6) is 0 Å². The van der Waals surface area contributed by atoms with E-state index in [9.17, 15) is 9.59 Å². The average molecular weight is 414 g/mol. The van der Waals surface area contributed by atoms with Crippen molar-refractivity contribution < 1.29 is 9.59 Å². The fourth-order valence-electron chi connectivity index (χ4n) is 4.17. The molecule has 3 aromatic rings. The number of nitrogens with zero attached hydrogens (tertiary/aromatic N) is 3. The first-order valence-corrected chi connectivity index (χ1v) is 10.8. The molecule has 2 heterocycles. The SMILES string of the molecule is CCN1CCN(C(=O)c2ccccc2)C[C@@H](Cc2cccc(-c3ccncc3)c2)C1=O. The first-order chi connectivity index (χ1) is 15.2. The fraction of sp³-hybridized carbons (Fsp3) is 0.269. The van der Waals surface area contributed by atoms with Crippen LogP contribution in [-0.2, 0) is 11.2 Å². The first-order valence-electron chi connectivity index (χ1n) is 10.8. The van der Waals surface area contributed by atoms with E-state index in [2.05, 4.69) is 23.2 Å². The van der Waals surface area contributed by atoms with E-state index < -0.39 is 0 Å². The van der Waals surface area contributed by atoms with Gasteiger partial charge in [0.1, 0.15) is 0 Å². The summed E-state index contributed by atoms with van der Waals surface area (Å²) in [6, 6.07) is 21.6. The molecule has 0 N–H and O–H groups in total. The number of hydrogen-bond acceptors (Lipinski definition) is 3. The smallest absolute Gasteiger partial charge is 0.253 e. The zero-order chi connectivity index (χ0) is 21.6. The Morgan fingerprint density at radius 1 is 0.968 bits per heavy atom. The molecule has 5 heteroatoms. The Morgan fingerprint density at radius 2 is 1.74 bits per heavy atom. The lowest BCUT2D eigenvalue weighted by Crippen LogP contribution is -2.37. The molecule has 0 bridgehead atoms. The quantitative estimate of drug-likeness (QED) is 0.637. The van der Waals surface area contributed by atoms with Crippen molar-refractivity contribution in [3.05, 3.63) is 90.3 Å². The molecule has 31 heavy (non-hydrogen) atoms. The van der Waals surface area contributed by atoms with Crippen LogP contribution in [0.25, 0.3) is 11.1 Å². The third kappa shape index (κ3) is 4.82. The summed E-state index contributed by atoms with van der Waals surface area (Å²) >= 11 is 0. The molecule has 0 radical (unpaired) electrons. The molecule has 1 aromatic heterocycles. The average Bonchev–Trinajstić information content (AvgIpc) is 2.98.